The summed E-state index contributed by atoms with van der Waals surface area (Å²) >= 11 is 0. The summed E-state index contributed by atoms with van der Waals surface area (Å²) in [5, 5.41) is 3.68. The van der Waals surface area contributed by atoms with Crippen molar-refractivity contribution in [2.24, 2.45) is 0 Å². The van der Waals surface area contributed by atoms with Crippen LogP contribution in [-0.2, 0) is 0 Å². The molecule has 1 atom stereocenters. The van der Waals surface area contributed by atoms with Crippen LogP contribution in [-0.4, -0.2) is 7.11 Å². The minimum absolute atomic E-state index is 0.242. The van der Waals surface area contributed by atoms with E-state index in [-0.39, 0.29) is 6.04 Å². The molecule has 0 spiro atoms. The topological polar surface area (TPSA) is 21.3 Å². The van der Waals surface area contributed by atoms with Gasteiger partial charge in [0.15, 0.2) is 0 Å². The first-order valence-electron chi connectivity index (χ1n) is 10.4. The van der Waals surface area contributed by atoms with E-state index >= 15 is 0 Å². The fourth-order valence-corrected chi connectivity index (χ4v) is 3.29. The van der Waals surface area contributed by atoms with E-state index in [9.17, 15) is 0 Å². The van der Waals surface area contributed by atoms with Gasteiger partial charge in [0.05, 0.1) is 13.2 Å². The molecule has 2 nitrogen and oxygen atoms in total. The molecule has 2 aromatic carbocycles. The molecule has 0 aliphatic carbocycles. The normalized spacial score (nSPS) is 13.3. The number of nitrogens with one attached hydrogen (secondary N) is 1. The first-order valence-corrected chi connectivity index (χ1v) is 10.4. The van der Waals surface area contributed by atoms with Crippen LogP contribution in [0.3, 0.4) is 0 Å². The van der Waals surface area contributed by atoms with Crippen LogP contribution >= 0.6 is 0 Å². The number of benzene rings is 2. The number of ether oxygens (including phenoxy) is 1. The third kappa shape index (κ3) is 6.60. The highest BCUT2D eigenvalue weighted by atomic mass is 16.5. The number of aryl methyl sites for hydroxylation is 1. The second kappa shape index (κ2) is 11.4. The molecule has 2 aromatic rings. The van der Waals surface area contributed by atoms with E-state index < -0.39 is 0 Å². The van der Waals surface area contributed by atoms with Crippen molar-refractivity contribution in [3.8, 4) is 5.75 Å². The Bertz CT molecular complexity index is 769. The Hall–Kier alpha value is -2.48. The van der Waals surface area contributed by atoms with Crippen molar-refractivity contribution >= 4 is 5.69 Å². The van der Waals surface area contributed by atoms with E-state index in [1.54, 1.807) is 12.7 Å². The van der Waals surface area contributed by atoms with Crippen LogP contribution in [0.25, 0.3) is 0 Å². The summed E-state index contributed by atoms with van der Waals surface area (Å²) in [7, 11) is 1.70. The van der Waals surface area contributed by atoms with Crippen LogP contribution in [0.15, 0.2) is 71.8 Å². The lowest BCUT2D eigenvalue weighted by atomic mass is 9.99. The molecule has 1 N–H and O–H groups in total. The van der Waals surface area contributed by atoms with E-state index in [2.05, 4.69) is 81.6 Å². The summed E-state index contributed by atoms with van der Waals surface area (Å²) < 4.78 is 5.27. The van der Waals surface area contributed by atoms with E-state index in [1.807, 2.05) is 12.1 Å². The Morgan fingerprint density at radius 1 is 0.964 bits per heavy atom. The largest absolute Gasteiger partial charge is 0.497 e. The highest BCUT2D eigenvalue weighted by Gasteiger charge is 2.10. The Morgan fingerprint density at radius 2 is 1.64 bits per heavy atom. The maximum Gasteiger partial charge on any atom is 0.119 e. The zero-order valence-corrected chi connectivity index (χ0v) is 18.1. The highest BCUT2D eigenvalue weighted by molar-refractivity contribution is 5.48. The van der Waals surface area contributed by atoms with Gasteiger partial charge in [-0.1, -0.05) is 67.0 Å². The zero-order chi connectivity index (χ0) is 20.4. The minimum atomic E-state index is 0.242. The summed E-state index contributed by atoms with van der Waals surface area (Å²) in [5.41, 5.74) is 6.79. The second-order valence-electron chi connectivity index (χ2n) is 7.34. The molecule has 1 unspecified atom stereocenters. The van der Waals surface area contributed by atoms with Crippen molar-refractivity contribution in [2.75, 3.05) is 12.4 Å². The molecule has 150 valence electrons. The molecule has 0 fully saturated rings. The molecular weight excluding hydrogens is 342 g/mol. The van der Waals surface area contributed by atoms with E-state index in [1.165, 1.54) is 16.7 Å². The van der Waals surface area contributed by atoms with Crippen molar-refractivity contribution in [1.82, 2.24) is 0 Å². The van der Waals surface area contributed by atoms with E-state index in [4.69, 9.17) is 4.74 Å². The molecule has 0 heterocycles. The lowest BCUT2D eigenvalue weighted by Gasteiger charge is -2.20. The summed E-state index contributed by atoms with van der Waals surface area (Å²) in [6, 6.07) is 17.2. The lowest BCUT2D eigenvalue weighted by Crippen LogP contribution is -2.10. The monoisotopic (exact) mass is 377 g/mol. The van der Waals surface area contributed by atoms with Crippen molar-refractivity contribution in [1.29, 1.82) is 0 Å². The average Bonchev–Trinajstić information content (AvgIpc) is 2.73. The number of hydrogen-bond acceptors (Lipinski definition) is 2. The molecule has 28 heavy (non-hydrogen) atoms. The molecule has 0 aromatic heterocycles. The second-order valence-corrected chi connectivity index (χ2v) is 7.34. The predicted octanol–water partition coefficient (Wildman–Crippen LogP) is 7.63. The van der Waals surface area contributed by atoms with Gasteiger partial charge < -0.3 is 10.1 Å². The maximum absolute atomic E-state index is 5.27. The number of allylic oxidation sites excluding steroid dienone is 3. The smallest absolute Gasteiger partial charge is 0.119 e. The first kappa shape index (κ1) is 21.8. The number of anilines is 1. The van der Waals surface area contributed by atoms with Gasteiger partial charge in [0.2, 0.25) is 0 Å². The molecular formula is C26H35NO. The van der Waals surface area contributed by atoms with Gasteiger partial charge in [0.25, 0.3) is 0 Å². The SMILES string of the molecule is CC/C(C)=C(\CC)C/C=C/CC(Nc1ccc(OC)cc1)c1ccc(C)cc1. The number of rotatable bonds is 10. The minimum Gasteiger partial charge on any atom is -0.497 e. The molecule has 0 amide bonds. The third-order valence-electron chi connectivity index (χ3n) is 5.37. The van der Waals surface area contributed by atoms with Gasteiger partial charge in [-0.25, -0.2) is 0 Å². The molecule has 0 radical (unpaired) electrons. The molecule has 0 aliphatic heterocycles. The van der Waals surface area contributed by atoms with Gasteiger partial charge in [-0.3, -0.25) is 0 Å². The Morgan fingerprint density at radius 3 is 2.21 bits per heavy atom. The van der Waals surface area contributed by atoms with Gasteiger partial charge in [-0.05, 0) is 69.4 Å². The Labute approximate surface area is 171 Å². The average molecular weight is 378 g/mol. The molecule has 0 saturated heterocycles. The van der Waals surface area contributed by atoms with Crippen molar-refractivity contribution in [2.45, 2.75) is 59.4 Å². The van der Waals surface area contributed by atoms with Gasteiger partial charge in [0.1, 0.15) is 5.75 Å². The Kier molecular flexibility index (Phi) is 8.87. The van der Waals surface area contributed by atoms with Gasteiger partial charge in [-0.2, -0.15) is 0 Å². The van der Waals surface area contributed by atoms with E-state index in [0.29, 0.717) is 0 Å². The molecule has 2 rings (SSSR count). The highest BCUT2D eigenvalue weighted by Crippen LogP contribution is 2.25. The van der Waals surface area contributed by atoms with Crippen molar-refractivity contribution in [3.05, 3.63) is 83.0 Å². The van der Waals surface area contributed by atoms with Crippen LogP contribution < -0.4 is 10.1 Å². The van der Waals surface area contributed by atoms with Crippen molar-refractivity contribution in [3.63, 3.8) is 0 Å². The molecule has 0 saturated carbocycles. The first-order chi connectivity index (χ1) is 13.6. The maximum atomic E-state index is 5.27. The van der Waals surface area contributed by atoms with E-state index in [0.717, 1.165) is 37.1 Å². The van der Waals surface area contributed by atoms with Crippen molar-refractivity contribution < 1.29 is 4.74 Å². The molecule has 2 heteroatoms. The fraction of sp³-hybridized carbons (Fsp3) is 0.385. The van der Waals surface area contributed by atoms with Crippen LogP contribution in [0, 0.1) is 6.92 Å². The van der Waals surface area contributed by atoms with Gasteiger partial charge >= 0.3 is 0 Å². The standard InChI is InChI=1S/C26H35NO/c1-6-21(4)22(7-2)10-8-9-11-26(23-14-12-20(3)13-15-23)27-24-16-18-25(28-5)19-17-24/h8-9,12-19,26-27H,6-7,10-11H2,1-5H3/b9-8+,22-21+. The summed E-state index contributed by atoms with van der Waals surface area (Å²) in [4.78, 5) is 0. The third-order valence-corrected chi connectivity index (χ3v) is 5.37. The van der Waals surface area contributed by atoms with Crippen LogP contribution in [0.1, 0.15) is 63.6 Å². The summed E-state index contributed by atoms with van der Waals surface area (Å²) in [5.74, 6) is 0.877. The quantitative estimate of drug-likeness (QED) is 0.430. The number of hydrogen-bond donors (Lipinski definition) is 1. The van der Waals surface area contributed by atoms with Crippen LogP contribution in [0.2, 0.25) is 0 Å². The van der Waals surface area contributed by atoms with Gasteiger partial charge in [-0.15, -0.1) is 0 Å². The molecule has 0 bridgehead atoms. The predicted molar refractivity (Wildman–Crippen MR) is 122 cm³/mol. The van der Waals surface area contributed by atoms with Gasteiger partial charge in [0, 0.05) is 5.69 Å². The summed E-state index contributed by atoms with van der Waals surface area (Å²) in [6.45, 7) is 8.88. The van der Waals surface area contributed by atoms with Crippen LogP contribution in [0.4, 0.5) is 5.69 Å². The lowest BCUT2D eigenvalue weighted by molar-refractivity contribution is 0.415. The molecule has 0 aliphatic rings. The zero-order valence-electron chi connectivity index (χ0n) is 18.1. The van der Waals surface area contributed by atoms with Crippen LogP contribution in [0.5, 0.6) is 5.75 Å². The number of methoxy groups -OCH3 is 1. The summed E-state index contributed by atoms with van der Waals surface area (Å²) in [6.07, 6.45) is 8.93. The fourth-order valence-electron chi connectivity index (χ4n) is 3.29. The Balaban J connectivity index is 2.11.